The Morgan fingerprint density at radius 2 is 2.04 bits per heavy atom. The van der Waals surface area contributed by atoms with Crippen molar-refractivity contribution in [2.75, 3.05) is 12.3 Å². The zero-order valence-corrected chi connectivity index (χ0v) is 16.0. The van der Waals surface area contributed by atoms with Crippen LogP contribution in [0.4, 0.5) is 5.95 Å². The Morgan fingerprint density at radius 3 is 2.73 bits per heavy atom. The number of nitrogens with two attached hydrogens (primary N) is 1. The van der Waals surface area contributed by atoms with E-state index in [2.05, 4.69) is 28.8 Å². The normalized spacial score (nSPS) is 14.2. The molecule has 0 saturated heterocycles. The molecule has 26 heavy (non-hydrogen) atoms. The summed E-state index contributed by atoms with van der Waals surface area (Å²) in [6.45, 7) is 9.42. The van der Waals surface area contributed by atoms with E-state index in [4.69, 9.17) is 10.2 Å². The van der Waals surface area contributed by atoms with Crippen LogP contribution in [0.5, 0.6) is 0 Å². The number of aryl methyl sites for hydroxylation is 1. The molecule has 0 radical (unpaired) electrons. The molecule has 0 bridgehead atoms. The second-order valence-electron chi connectivity index (χ2n) is 7.58. The van der Waals surface area contributed by atoms with E-state index in [1.165, 1.54) is 0 Å². The summed E-state index contributed by atoms with van der Waals surface area (Å²) >= 11 is 0. The van der Waals surface area contributed by atoms with Gasteiger partial charge in [-0.3, -0.25) is 4.79 Å². The largest absolute Gasteiger partial charge is 0.445 e. The number of hydrogen-bond acceptors (Lipinski definition) is 6. The number of fused-ring (bicyclic) bond motifs is 1. The minimum absolute atomic E-state index is 0.134. The molecule has 0 saturated carbocycles. The Kier molecular flexibility index (Phi) is 5.25. The van der Waals surface area contributed by atoms with Gasteiger partial charge in [0.25, 0.3) is 5.91 Å². The van der Waals surface area contributed by atoms with Crippen LogP contribution in [-0.2, 0) is 19.4 Å². The van der Waals surface area contributed by atoms with Crippen molar-refractivity contribution in [2.24, 2.45) is 5.92 Å². The first-order chi connectivity index (χ1) is 12.3. The molecular formula is C19H27N5O2. The van der Waals surface area contributed by atoms with Gasteiger partial charge in [-0.2, -0.15) is 0 Å². The number of anilines is 1. The average molecular weight is 357 g/mol. The van der Waals surface area contributed by atoms with Gasteiger partial charge in [0.2, 0.25) is 5.95 Å². The van der Waals surface area contributed by atoms with Gasteiger partial charge in [-0.25, -0.2) is 15.0 Å². The topological polar surface area (TPSA) is 98.1 Å². The number of nitrogens with zero attached hydrogens (tertiary/aromatic N) is 4. The maximum atomic E-state index is 12.9. The smallest absolute Gasteiger partial charge is 0.273 e. The summed E-state index contributed by atoms with van der Waals surface area (Å²) in [5.74, 6) is 2.45. The fraction of sp³-hybridized carbons (Fsp3) is 0.579. The molecule has 2 N–H and O–H groups in total. The summed E-state index contributed by atoms with van der Waals surface area (Å²) < 4.78 is 5.87. The first-order valence-electron chi connectivity index (χ1n) is 9.24. The molecule has 2 aromatic heterocycles. The van der Waals surface area contributed by atoms with Crippen molar-refractivity contribution in [2.45, 2.75) is 59.4 Å². The second-order valence-corrected chi connectivity index (χ2v) is 7.58. The van der Waals surface area contributed by atoms with Crippen LogP contribution in [-0.4, -0.2) is 32.3 Å². The summed E-state index contributed by atoms with van der Waals surface area (Å²) in [4.78, 5) is 27.6. The van der Waals surface area contributed by atoms with Crippen LogP contribution in [0.2, 0.25) is 0 Å². The SMILES string of the molecule is CC(C)CCc1nc2c(o1)CCN(C(=O)c1cc(C(C)C)nc(N)n1)C2. The van der Waals surface area contributed by atoms with Crippen LogP contribution in [0, 0.1) is 5.92 Å². The number of rotatable bonds is 5. The van der Waals surface area contributed by atoms with Crippen molar-refractivity contribution in [3.63, 3.8) is 0 Å². The molecule has 7 heteroatoms. The van der Waals surface area contributed by atoms with Gasteiger partial charge in [-0.05, 0) is 24.3 Å². The Hall–Kier alpha value is -2.44. The van der Waals surface area contributed by atoms with Crippen LogP contribution >= 0.6 is 0 Å². The highest BCUT2D eigenvalue weighted by Crippen LogP contribution is 2.23. The molecule has 3 heterocycles. The summed E-state index contributed by atoms with van der Waals surface area (Å²) in [5.41, 5.74) is 7.75. The van der Waals surface area contributed by atoms with E-state index in [-0.39, 0.29) is 17.8 Å². The monoisotopic (exact) mass is 357 g/mol. The fourth-order valence-corrected chi connectivity index (χ4v) is 3.00. The van der Waals surface area contributed by atoms with Gasteiger partial charge in [0, 0.05) is 25.1 Å². The molecule has 0 atom stereocenters. The Morgan fingerprint density at radius 1 is 1.27 bits per heavy atom. The van der Waals surface area contributed by atoms with Crippen LogP contribution in [0.25, 0.3) is 0 Å². The van der Waals surface area contributed by atoms with Crippen LogP contribution in [0.15, 0.2) is 10.5 Å². The number of oxazole rings is 1. The number of aromatic nitrogens is 3. The van der Waals surface area contributed by atoms with Gasteiger partial charge < -0.3 is 15.1 Å². The van der Waals surface area contributed by atoms with Gasteiger partial charge in [0.15, 0.2) is 5.89 Å². The highest BCUT2D eigenvalue weighted by molar-refractivity contribution is 5.92. The molecule has 1 amide bonds. The minimum Gasteiger partial charge on any atom is -0.445 e. The van der Waals surface area contributed by atoms with Crippen LogP contribution < -0.4 is 5.73 Å². The molecular weight excluding hydrogens is 330 g/mol. The zero-order valence-electron chi connectivity index (χ0n) is 16.0. The summed E-state index contributed by atoms with van der Waals surface area (Å²) in [6.07, 6.45) is 2.55. The lowest BCUT2D eigenvalue weighted by Crippen LogP contribution is -2.36. The van der Waals surface area contributed by atoms with Crippen molar-refractivity contribution in [3.8, 4) is 0 Å². The predicted molar refractivity (Wildman–Crippen MR) is 98.6 cm³/mol. The molecule has 7 nitrogen and oxygen atoms in total. The third kappa shape index (κ3) is 4.03. The summed E-state index contributed by atoms with van der Waals surface area (Å²) in [5, 5.41) is 0. The highest BCUT2D eigenvalue weighted by Gasteiger charge is 2.27. The highest BCUT2D eigenvalue weighted by atomic mass is 16.4. The number of amides is 1. The number of nitrogen functional groups attached to an aromatic ring is 1. The first kappa shape index (κ1) is 18.4. The van der Waals surface area contributed by atoms with E-state index in [9.17, 15) is 4.79 Å². The number of carbonyl (C=O) groups is 1. The van der Waals surface area contributed by atoms with E-state index in [0.717, 1.165) is 35.9 Å². The molecule has 1 aliphatic heterocycles. The third-order valence-electron chi connectivity index (χ3n) is 4.57. The van der Waals surface area contributed by atoms with E-state index in [1.54, 1.807) is 11.0 Å². The summed E-state index contributed by atoms with van der Waals surface area (Å²) in [7, 11) is 0. The van der Waals surface area contributed by atoms with Gasteiger partial charge in [-0.15, -0.1) is 0 Å². The quantitative estimate of drug-likeness (QED) is 0.883. The van der Waals surface area contributed by atoms with Crippen molar-refractivity contribution < 1.29 is 9.21 Å². The standard InChI is InChI=1S/C19H27N5O2/c1-11(2)5-6-17-21-15-10-24(8-7-16(15)26-17)18(25)14-9-13(12(3)4)22-19(20)23-14/h9,11-12H,5-8,10H2,1-4H3,(H2,20,22,23). The molecule has 1 aliphatic rings. The lowest BCUT2D eigenvalue weighted by molar-refractivity contribution is 0.0721. The fourth-order valence-electron chi connectivity index (χ4n) is 3.00. The molecule has 0 aliphatic carbocycles. The lowest BCUT2D eigenvalue weighted by Gasteiger charge is -2.25. The van der Waals surface area contributed by atoms with Crippen molar-refractivity contribution in [1.29, 1.82) is 0 Å². The van der Waals surface area contributed by atoms with Gasteiger partial charge in [0.1, 0.15) is 17.1 Å². The Bertz CT molecular complexity index is 797. The molecule has 0 unspecified atom stereocenters. The second kappa shape index (κ2) is 7.43. The molecule has 2 aromatic rings. The van der Waals surface area contributed by atoms with Crippen LogP contribution in [0.3, 0.4) is 0 Å². The first-order valence-corrected chi connectivity index (χ1v) is 9.24. The van der Waals surface area contributed by atoms with Crippen molar-refractivity contribution in [1.82, 2.24) is 19.9 Å². The molecule has 140 valence electrons. The van der Waals surface area contributed by atoms with E-state index < -0.39 is 0 Å². The number of carbonyl (C=O) groups excluding carboxylic acids is 1. The van der Waals surface area contributed by atoms with E-state index >= 15 is 0 Å². The third-order valence-corrected chi connectivity index (χ3v) is 4.57. The molecule has 0 fully saturated rings. The maximum Gasteiger partial charge on any atom is 0.273 e. The Balaban J connectivity index is 1.75. The summed E-state index contributed by atoms with van der Waals surface area (Å²) in [6, 6.07) is 1.73. The maximum absolute atomic E-state index is 12.9. The lowest BCUT2D eigenvalue weighted by atomic mass is 10.1. The minimum atomic E-state index is -0.140. The van der Waals surface area contributed by atoms with Gasteiger partial charge in [0.05, 0.1) is 6.54 Å². The van der Waals surface area contributed by atoms with Crippen molar-refractivity contribution >= 4 is 11.9 Å². The van der Waals surface area contributed by atoms with E-state index in [0.29, 0.717) is 31.1 Å². The van der Waals surface area contributed by atoms with E-state index in [1.807, 2.05) is 13.8 Å². The Labute approximate surface area is 154 Å². The van der Waals surface area contributed by atoms with Crippen molar-refractivity contribution in [3.05, 3.63) is 34.8 Å². The zero-order chi connectivity index (χ0) is 18.8. The van der Waals surface area contributed by atoms with Gasteiger partial charge in [-0.1, -0.05) is 27.7 Å². The molecule has 0 spiro atoms. The predicted octanol–water partition coefficient (Wildman–Crippen LogP) is 2.96. The molecule has 3 rings (SSSR count). The van der Waals surface area contributed by atoms with Crippen LogP contribution in [0.1, 0.15) is 73.6 Å². The number of hydrogen-bond donors (Lipinski definition) is 1. The molecule has 0 aromatic carbocycles. The van der Waals surface area contributed by atoms with Gasteiger partial charge >= 0.3 is 0 Å². The average Bonchev–Trinajstić information content (AvgIpc) is 3.00.